The van der Waals surface area contributed by atoms with Gasteiger partial charge in [0, 0.05) is 44.8 Å². The summed E-state index contributed by atoms with van der Waals surface area (Å²) in [5.74, 6) is -4.70. The van der Waals surface area contributed by atoms with Crippen LogP contribution in [0.15, 0.2) is 0 Å². The van der Waals surface area contributed by atoms with Crippen molar-refractivity contribution in [3.8, 4) is 0 Å². The fraction of sp³-hybridized carbons (Fsp3) is 0.947. The number of methoxy groups -OCH3 is 2. The molecule has 0 radical (unpaired) electrons. The highest BCUT2D eigenvalue weighted by Crippen LogP contribution is 2.42. The van der Waals surface area contributed by atoms with Crippen molar-refractivity contribution in [3.05, 3.63) is 0 Å². The summed E-state index contributed by atoms with van der Waals surface area (Å²) in [6.45, 7) is 16.7. The van der Waals surface area contributed by atoms with E-state index in [-0.39, 0.29) is 25.0 Å². The Morgan fingerprint density at radius 3 is 1.96 bits per heavy atom. The van der Waals surface area contributed by atoms with E-state index >= 15 is 0 Å². The maximum Gasteiger partial charge on any atom is 0.311 e. The van der Waals surface area contributed by atoms with Crippen molar-refractivity contribution in [3.63, 3.8) is 0 Å². The third-order valence-electron chi connectivity index (χ3n) is 12.4. The number of Topliss-reactive ketones (excluding diaryl/α,β-unsaturated/α-hetero) is 1. The average molecular weight is 765 g/mol. The molecule has 3 heterocycles. The first kappa shape index (κ1) is 46.0. The second-order valence-electron chi connectivity index (χ2n) is 17.1. The van der Waals surface area contributed by atoms with Crippen molar-refractivity contribution in [1.82, 2.24) is 0 Å². The number of ether oxygens (including phenoxy) is 7. The van der Waals surface area contributed by atoms with Gasteiger partial charge in [0.05, 0.1) is 61.7 Å². The van der Waals surface area contributed by atoms with Crippen molar-refractivity contribution in [2.45, 2.75) is 179 Å². The summed E-state index contributed by atoms with van der Waals surface area (Å²) in [6, 6.07) is -0.677. The summed E-state index contributed by atoms with van der Waals surface area (Å²) in [4.78, 5) is 28.2. The van der Waals surface area contributed by atoms with Gasteiger partial charge in [-0.25, -0.2) is 5.21 Å². The van der Waals surface area contributed by atoms with Gasteiger partial charge >= 0.3 is 5.97 Å². The molecule has 0 amide bonds. The zero-order valence-corrected chi connectivity index (χ0v) is 34.3. The topological polar surface area (TPSA) is 200 Å². The fourth-order valence-electron chi connectivity index (χ4n) is 8.70. The van der Waals surface area contributed by atoms with E-state index in [0.717, 1.165) is 0 Å². The summed E-state index contributed by atoms with van der Waals surface area (Å²) < 4.78 is 43.1. The van der Waals surface area contributed by atoms with E-state index in [1.54, 1.807) is 62.6 Å². The number of hydrogen-bond acceptors (Lipinski definition) is 14. The molecule has 0 saturated carbocycles. The number of likely N-dealkylation sites (N-methyl/N-ethyl adjacent to an activating group) is 1. The van der Waals surface area contributed by atoms with E-state index in [1.807, 2.05) is 6.92 Å². The highest BCUT2D eigenvalue weighted by Gasteiger charge is 2.55. The monoisotopic (exact) mass is 764 g/mol. The highest BCUT2D eigenvalue weighted by molar-refractivity contribution is 5.83. The Balaban J connectivity index is 2.23. The maximum atomic E-state index is 14.2. The molecular weight excluding hydrogens is 694 g/mol. The Labute approximate surface area is 315 Å². The van der Waals surface area contributed by atoms with E-state index in [2.05, 4.69) is 0 Å². The minimum Gasteiger partial charge on any atom is -0.459 e. The number of aliphatic hydroxyl groups excluding tert-OH is 3. The molecule has 0 aliphatic carbocycles. The first-order valence-corrected chi connectivity index (χ1v) is 19.1. The molecule has 5 N–H and O–H groups in total. The fourth-order valence-corrected chi connectivity index (χ4v) is 8.70. The number of quaternary nitrogens is 1. The van der Waals surface area contributed by atoms with Crippen molar-refractivity contribution >= 4 is 11.8 Å². The smallest absolute Gasteiger partial charge is 0.311 e. The summed E-state index contributed by atoms with van der Waals surface area (Å²) in [7, 11) is 6.08. The molecule has 0 aromatic heterocycles. The number of hydroxylamine groups is 3. The lowest BCUT2D eigenvalue weighted by Crippen LogP contribution is -2.63. The van der Waals surface area contributed by atoms with E-state index in [1.165, 1.54) is 28.1 Å². The largest absolute Gasteiger partial charge is 0.459 e. The number of esters is 1. The Kier molecular flexibility index (Phi) is 15.1. The molecule has 0 bridgehead atoms. The summed E-state index contributed by atoms with van der Waals surface area (Å²) in [6.07, 6.45) is -9.86. The van der Waals surface area contributed by atoms with Gasteiger partial charge in [-0.05, 0) is 54.4 Å². The molecule has 3 fully saturated rings. The van der Waals surface area contributed by atoms with Gasteiger partial charge in [0.2, 0.25) is 0 Å². The summed E-state index contributed by atoms with van der Waals surface area (Å²) in [5.41, 5.74) is -4.35. The Hall–Kier alpha value is -1.34. The third kappa shape index (κ3) is 9.80. The Morgan fingerprint density at radius 1 is 0.849 bits per heavy atom. The van der Waals surface area contributed by atoms with E-state index in [9.17, 15) is 35.2 Å². The predicted molar refractivity (Wildman–Crippen MR) is 191 cm³/mol. The van der Waals surface area contributed by atoms with Crippen LogP contribution < -0.4 is 0 Å². The van der Waals surface area contributed by atoms with Gasteiger partial charge in [-0.3, -0.25) is 9.59 Å². The van der Waals surface area contributed by atoms with Crippen LogP contribution in [-0.2, 0) is 42.7 Å². The van der Waals surface area contributed by atoms with Gasteiger partial charge in [0.25, 0.3) is 0 Å². The normalized spacial score (nSPS) is 48.5. The van der Waals surface area contributed by atoms with E-state index in [0.29, 0.717) is 6.42 Å². The molecule has 0 aromatic rings. The molecule has 18 atom stereocenters. The number of carbonyl (C=O) groups excluding carboxylic acids is 2. The van der Waals surface area contributed by atoms with Crippen molar-refractivity contribution in [2.24, 2.45) is 23.7 Å². The third-order valence-corrected chi connectivity index (χ3v) is 12.4. The van der Waals surface area contributed by atoms with E-state index < -0.39 is 119 Å². The molecule has 3 aliphatic heterocycles. The molecule has 3 saturated heterocycles. The molecule has 15 nitrogen and oxygen atoms in total. The van der Waals surface area contributed by atoms with Crippen LogP contribution in [0.5, 0.6) is 0 Å². The second-order valence-corrected chi connectivity index (χ2v) is 17.1. The van der Waals surface area contributed by atoms with E-state index in [4.69, 9.17) is 33.2 Å². The number of hydrogen-bond donors (Lipinski definition) is 5. The van der Waals surface area contributed by atoms with Crippen LogP contribution in [0, 0.1) is 23.7 Å². The number of ketones is 1. The summed E-state index contributed by atoms with van der Waals surface area (Å²) in [5, 5.41) is 56.5. The maximum absolute atomic E-state index is 14.2. The minimum absolute atomic E-state index is 0.0630. The van der Waals surface area contributed by atoms with Crippen molar-refractivity contribution < 1.29 is 73.0 Å². The standard InChI is InChI=1S/C38H70NO14/c1-15-26-38(10,45)31(42)21(4)28(40)19(2)17-37(9,48-14)33(53-35-29(41)25(39(11,12)46)16-20(3)49-35)22(5)30(23(6)34(44)51-26)52-27-18-36(8,47-13)32(43)24(7)50-27/h19-27,29-33,35,41-43,45-46H,15-18H2,1-14H3/q+1/t19-,20-,21+,22+,23-,24+,25+,26-,27+,29-,30+,31-,32+,33-,35+,36-,37-,38-/m1/s1. The first-order chi connectivity index (χ1) is 24.3. The average Bonchev–Trinajstić information content (AvgIpc) is 3.08. The number of cyclic esters (lactones) is 1. The quantitative estimate of drug-likeness (QED) is 0.137. The van der Waals surface area contributed by atoms with Crippen LogP contribution in [0.2, 0.25) is 0 Å². The molecule has 0 unspecified atom stereocenters. The van der Waals surface area contributed by atoms with Gasteiger partial charge in [0.15, 0.2) is 24.7 Å². The molecule has 0 aromatic carbocycles. The number of carbonyl (C=O) groups is 2. The molecule has 0 spiro atoms. The number of aliphatic hydroxyl groups is 4. The van der Waals surface area contributed by atoms with Crippen LogP contribution in [0.1, 0.15) is 94.9 Å². The van der Waals surface area contributed by atoms with Gasteiger partial charge in [-0.1, -0.05) is 27.7 Å². The number of nitrogens with zero attached hydrogens (tertiary/aromatic N) is 1. The van der Waals surface area contributed by atoms with Crippen molar-refractivity contribution in [2.75, 3.05) is 28.3 Å². The first-order valence-electron chi connectivity index (χ1n) is 19.1. The lowest BCUT2D eigenvalue weighted by molar-refractivity contribution is -1.09. The number of rotatable bonds is 8. The van der Waals surface area contributed by atoms with Gasteiger partial charge < -0.3 is 53.6 Å². The lowest BCUT2D eigenvalue weighted by Gasteiger charge is -2.50. The molecular formula is C38H70NO14+. The summed E-state index contributed by atoms with van der Waals surface area (Å²) >= 11 is 0. The van der Waals surface area contributed by atoms with Gasteiger partial charge in [0.1, 0.15) is 23.6 Å². The molecule has 3 rings (SSSR count). The molecule has 15 heteroatoms. The SMILES string of the molecule is CC[C@H]1OC(=O)[C@H](C)[C@@H](O[C@H]2C[C@@](C)(OC)[C@@H](O)[C@H](C)O2)[C@H](C)[C@@H](O[C@@H]2O[C@H](C)C[C@H]([N+](C)(C)O)[C@H]2O)[C@](C)(OC)C[C@@H](C)C(=O)[C@H](C)[C@@H](O)[C@]1(C)O. The van der Waals surface area contributed by atoms with Crippen LogP contribution >= 0.6 is 0 Å². The van der Waals surface area contributed by atoms with Crippen LogP contribution in [0.4, 0.5) is 0 Å². The highest BCUT2D eigenvalue weighted by atomic mass is 16.7. The van der Waals surface area contributed by atoms with Crippen molar-refractivity contribution in [1.29, 1.82) is 0 Å². The Morgan fingerprint density at radius 2 is 1.43 bits per heavy atom. The zero-order valence-electron chi connectivity index (χ0n) is 34.3. The molecule has 53 heavy (non-hydrogen) atoms. The zero-order chi connectivity index (χ0) is 40.6. The molecule has 3 aliphatic rings. The van der Waals surface area contributed by atoms with Crippen LogP contribution in [0.25, 0.3) is 0 Å². The van der Waals surface area contributed by atoms with Gasteiger partial charge in [-0.15, -0.1) is 0 Å². The van der Waals surface area contributed by atoms with Crippen LogP contribution in [0.3, 0.4) is 0 Å². The lowest BCUT2D eigenvalue weighted by atomic mass is 9.74. The predicted octanol–water partition coefficient (Wildman–Crippen LogP) is 2.34. The minimum atomic E-state index is -1.99. The second kappa shape index (κ2) is 17.4. The van der Waals surface area contributed by atoms with Crippen LogP contribution in [-0.4, -0.2) is 155 Å². The van der Waals surface area contributed by atoms with Gasteiger partial charge in [-0.2, -0.15) is 4.65 Å². The Bertz CT molecular complexity index is 1230. The molecule has 310 valence electrons.